The Balaban J connectivity index is 4.34. The number of carbonyl (C=O) groups is 1. The standard InChI is InChI=1S/C53H103N2O6P/c1-6-8-10-12-14-16-18-20-22-24-26-27-29-30-32-34-36-38-40-42-44-46-52(56)51(50-61-62(58,59)60-49-48-55(3,4)5)54-53(57)47-45-43-41-39-37-35-33-31-28-25-23-21-19-17-15-13-11-9-7-2/h25,28,36,38,44,46,51-52,56H,6-24,26-27,29-35,37,39-43,45,47-50H2,1-5H3,(H-,54,57,58,59)/p+1/b28-25-,38-36+,46-44+. The van der Waals surface area contributed by atoms with Crippen LogP contribution < -0.4 is 5.32 Å². The molecule has 0 saturated heterocycles. The van der Waals surface area contributed by atoms with Crippen LogP contribution in [0, 0.1) is 0 Å². The van der Waals surface area contributed by atoms with Crippen LogP contribution in [0.4, 0.5) is 0 Å². The number of likely N-dealkylation sites (N-methyl/N-ethyl adjacent to an activating group) is 1. The maximum atomic E-state index is 12.9. The summed E-state index contributed by atoms with van der Waals surface area (Å²) >= 11 is 0. The number of aliphatic hydroxyl groups excluding tert-OH is 1. The molecule has 0 aromatic carbocycles. The number of quaternary nitrogens is 1. The minimum Gasteiger partial charge on any atom is -0.387 e. The number of hydrogen-bond acceptors (Lipinski definition) is 5. The molecule has 0 bridgehead atoms. The second-order valence-corrected chi connectivity index (χ2v) is 20.7. The van der Waals surface area contributed by atoms with E-state index in [-0.39, 0.29) is 19.1 Å². The number of nitrogens with zero attached hydrogens (tertiary/aromatic N) is 1. The minimum atomic E-state index is -4.35. The van der Waals surface area contributed by atoms with Gasteiger partial charge in [0.15, 0.2) is 0 Å². The third-order valence-corrected chi connectivity index (χ3v) is 12.8. The quantitative estimate of drug-likeness (QED) is 0.0243. The number of amides is 1. The average molecular weight is 896 g/mol. The summed E-state index contributed by atoms with van der Waals surface area (Å²) in [5, 5.41) is 13.9. The highest BCUT2D eigenvalue weighted by Crippen LogP contribution is 2.43. The molecular formula is C53H104N2O6P+. The third kappa shape index (κ3) is 46.7. The maximum Gasteiger partial charge on any atom is 0.472 e. The van der Waals surface area contributed by atoms with Gasteiger partial charge in [-0.2, -0.15) is 0 Å². The van der Waals surface area contributed by atoms with E-state index in [0.717, 1.165) is 38.5 Å². The lowest BCUT2D eigenvalue weighted by atomic mass is 10.0. The molecule has 0 saturated carbocycles. The molecule has 0 fully saturated rings. The number of phosphoric acid groups is 1. The minimum absolute atomic E-state index is 0.0557. The molecule has 0 aliphatic heterocycles. The van der Waals surface area contributed by atoms with Crippen LogP contribution in [-0.2, 0) is 18.4 Å². The highest BCUT2D eigenvalue weighted by Gasteiger charge is 2.27. The fourth-order valence-corrected chi connectivity index (χ4v) is 8.38. The van der Waals surface area contributed by atoms with Crippen molar-refractivity contribution in [2.24, 2.45) is 0 Å². The van der Waals surface area contributed by atoms with Gasteiger partial charge in [0.25, 0.3) is 0 Å². The van der Waals surface area contributed by atoms with Crippen molar-refractivity contribution in [3.05, 3.63) is 36.5 Å². The van der Waals surface area contributed by atoms with Gasteiger partial charge in [-0.25, -0.2) is 4.57 Å². The van der Waals surface area contributed by atoms with Crippen molar-refractivity contribution in [3.8, 4) is 0 Å². The van der Waals surface area contributed by atoms with Gasteiger partial charge in [0, 0.05) is 6.42 Å². The van der Waals surface area contributed by atoms with Crippen molar-refractivity contribution in [2.75, 3.05) is 40.9 Å². The summed E-state index contributed by atoms with van der Waals surface area (Å²) in [5.74, 6) is -0.190. The number of unbranched alkanes of at least 4 members (excludes halogenated alkanes) is 31. The van der Waals surface area contributed by atoms with Gasteiger partial charge in [-0.3, -0.25) is 13.8 Å². The molecule has 0 aliphatic rings. The fourth-order valence-electron chi connectivity index (χ4n) is 7.64. The lowest BCUT2D eigenvalue weighted by molar-refractivity contribution is -0.870. The summed E-state index contributed by atoms with van der Waals surface area (Å²) in [6.45, 7) is 4.81. The summed E-state index contributed by atoms with van der Waals surface area (Å²) in [5.41, 5.74) is 0. The highest BCUT2D eigenvalue weighted by atomic mass is 31.2. The molecule has 0 rings (SSSR count). The number of phosphoric ester groups is 1. The van der Waals surface area contributed by atoms with Crippen LogP contribution in [0.25, 0.3) is 0 Å². The zero-order valence-electron chi connectivity index (χ0n) is 41.6. The Bertz CT molecular complexity index is 1110. The first kappa shape index (κ1) is 60.7. The van der Waals surface area contributed by atoms with E-state index in [1.807, 2.05) is 27.2 Å². The molecule has 0 aromatic rings. The topological polar surface area (TPSA) is 105 Å². The molecule has 1 amide bonds. The smallest absolute Gasteiger partial charge is 0.387 e. The summed E-state index contributed by atoms with van der Waals surface area (Å²) in [4.78, 5) is 23.2. The third-order valence-electron chi connectivity index (χ3n) is 11.8. The second kappa shape index (κ2) is 44.9. The predicted molar refractivity (Wildman–Crippen MR) is 268 cm³/mol. The highest BCUT2D eigenvalue weighted by molar-refractivity contribution is 7.47. The van der Waals surface area contributed by atoms with Crippen LogP contribution in [0.2, 0.25) is 0 Å². The SMILES string of the molecule is CCCCCCCCCC/C=C\CCCCCCCCCC(=O)NC(COP(=O)(O)OCC[N+](C)(C)C)C(O)/C=C/CC/C=C/CCCCCCCCCCCCCCCCC. The molecule has 0 aliphatic carbocycles. The Hall–Kier alpha value is -1.28. The first-order chi connectivity index (χ1) is 30.0. The van der Waals surface area contributed by atoms with Gasteiger partial charge < -0.3 is 19.8 Å². The Labute approximate surface area is 385 Å². The molecule has 3 unspecified atom stereocenters. The molecule has 0 aromatic heterocycles. The van der Waals surface area contributed by atoms with Gasteiger partial charge in [0.05, 0.1) is 39.9 Å². The fraction of sp³-hybridized carbons (Fsp3) is 0.868. The molecule has 62 heavy (non-hydrogen) atoms. The largest absolute Gasteiger partial charge is 0.472 e. The van der Waals surface area contributed by atoms with E-state index in [2.05, 4.69) is 43.5 Å². The zero-order chi connectivity index (χ0) is 45.7. The normalized spacial score (nSPS) is 14.4. The van der Waals surface area contributed by atoms with Crippen LogP contribution in [0.15, 0.2) is 36.5 Å². The van der Waals surface area contributed by atoms with E-state index in [4.69, 9.17) is 9.05 Å². The van der Waals surface area contributed by atoms with Crippen LogP contribution in [0.1, 0.15) is 245 Å². The Morgan fingerprint density at radius 3 is 1.29 bits per heavy atom. The van der Waals surface area contributed by atoms with Crippen molar-refractivity contribution in [1.82, 2.24) is 5.32 Å². The first-order valence-corrected chi connectivity index (χ1v) is 27.9. The van der Waals surface area contributed by atoms with E-state index in [0.29, 0.717) is 17.4 Å². The summed E-state index contributed by atoms with van der Waals surface area (Å²) in [7, 11) is 1.56. The predicted octanol–water partition coefficient (Wildman–Crippen LogP) is 15.4. The van der Waals surface area contributed by atoms with E-state index in [1.165, 1.54) is 186 Å². The van der Waals surface area contributed by atoms with E-state index >= 15 is 0 Å². The van der Waals surface area contributed by atoms with Crippen molar-refractivity contribution in [3.63, 3.8) is 0 Å². The molecule has 3 atom stereocenters. The van der Waals surface area contributed by atoms with Crippen LogP contribution in [0.3, 0.4) is 0 Å². The Kier molecular flexibility index (Phi) is 44.0. The lowest BCUT2D eigenvalue weighted by Gasteiger charge is -2.25. The molecule has 9 heteroatoms. The molecule has 0 heterocycles. The van der Waals surface area contributed by atoms with Gasteiger partial charge in [0.2, 0.25) is 5.91 Å². The molecule has 3 N–H and O–H groups in total. The van der Waals surface area contributed by atoms with Gasteiger partial charge in [0.1, 0.15) is 13.2 Å². The molecule has 0 radical (unpaired) electrons. The summed E-state index contributed by atoms with van der Waals surface area (Å²) in [6.07, 6.45) is 56.6. The summed E-state index contributed by atoms with van der Waals surface area (Å²) < 4.78 is 23.6. The zero-order valence-corrected chi connectivity index (χ0v) is 42.5. The van der Waals surface area contributed by atoms with Gasteiger partial charge >= 0.3 is 7.82 Å². The number of aliphatic hydroxyl groups is 1. The van der Waals surface area contributed by atoms with Crippen LogP contribution in [-0.4, -0.2) is 73.4 Å². The van der Waals surface area contributed by atoms with Crippen molar-refractivity contribution in [2.45, 2.75) is 257 Å². The number of rotatable bonds is 48. The van der Waals surface area contributed by atoms with Crippen molar-refractivity contribution >= 4 is 13.7 Å². The monoisotopic (exact) mass is 896 g/mol. The van der Waals surface area contributed by atoms with Crippen LogP contribution >= 0.6 is 7.82 Å². The van der Waals surface area contributed by atoms with E-state index in [1.54, 1.807) is 6.08 Å². The Morgan fingerprint density at radius 1 is 0.532 bits per heavy atom. The van der Waals surface area contributed by atoms with Gasteiger partial charge in [-0.15, -0.1) is 0 Å². The van der Waals surface area contributed by atoms with Crippen molar-refractivity contribution in [1.29, 1.82) is 0 Å². The maximum absolute atomic E-state index is 12.9. The van der Waals surface area contributed by atoms with E-state index in [9.17, 15) is 19.4 Å². The molecule has 8 nitrogen and oxygen atoms in total. The first-order valence-electron chi connectivity index (χ1n) is 26.4. The summed E-state index contributed by atoms with van der Waals surface area (Å²) in [6, 6.07) is -0.865. The lowest BCUT2D eigenvalue weighted by Crippen LogP contribution is -2.45. The van der Waals surface area contributed by atoms with Gasteiger partial charge in [-0.1, -0.05) is 217 Å². The Morgan fingerprint density at radius 2 is 0.887 bits per heavy atom. The average Bonchev–Trinajstić information content (AvgIpc) is 3.23. The second-order valence-electron chi connectivity index (χ2n) is 19.2. The van der Waals surface area contributed by atoms with Gasteiger partial charge in [-0.05, 0) is 57.8 Å². The van der Waals surface area contributed by atoms with E-state index < -0.39 is 20.0 Å². The number of allylic oxidation sites excluding steroid dienone is 5. The van der Waals surface area contributed by atoms with Crippen molar-refractivity contribution < 1.29 is 32.9 Å². The molecule has 0 spiro atoms. The number of carbonyl (C=O) groups excluding carboxylic acids is 1. The molecule has 366 valence electrons. The number of nitrogens with one attached hydrogen (secondary N) is 1. The van der Waals surface area contributed by atoms with Crippen LogP contribution in [0.5, 0.6) is 0 Å². The number of hydrogen-bond donors (Lipinski definition) is 3. The molecular weight excluding hydrogens is 792 g/mol.